The van der Waals surface area contributed by atoms with Crippen LogP contribution < -0.4 is 10.6 Å². The zero-order valence-corrected chi connectivity index (χ0v) is 12.2. The molecule has 1 aromatic carbocycles. The van der Waals surface area contributed by atoms with Gasteiger partial charge in [0.25, 0.3) is 0 Å². The van der Waals surface area contributed by atoms with E-state index < -0.39 is 0 Å². The maximum absolute atomic E-state index is 7.75. The number of anilines is 1. The van der Waals surface area contributed by atoms with Crippen molar-refractivity contribution in [3.8, 4) is 0 Å². The molecule has 0 fully saturated rings. The van der Waals surface area contributed by atoms with E-state index in [0.29, 0.717) is 5.69 Å². The molecule has 0 saturated carbocycles. The van der Waals surface area contributed by atoms with Gasteiger partial charge in [0.05, 0.1) is 5.69 Å². The molecular formula is C14H19ClN4. The fourth-order valence-corrected chi connectivity index (χ4v) is 2.54. The van der Waals surface area contributed by atoms with Crippen LogP contribution in [0.15, 0.2) is 12.1 Å². The molecule has 0 aliphatic heterocycles. The molecule has 0 spiro atoms. The van der Waals surface area contributed by atoms with E-state index in [1.54, 1.807) is 0 Å². The van der Waals surface area contributed by atoms with Crippen LogP contribution in [0.1, 0.15) is 25.1 Å². The average molecular weight is 279 g/mol. The number of fused-ring (bicyclic) bond motifs is 1. The number of aromatic nitrogens is 1. The summed E-state index contributed by atoms with van der Waals surface area (Å²) in [6, 6.07) is 3.94. The van der Waals surface area contributed by atoms with E-state index in [0.717, 1.165) is 40.3 Å². The summed E-state index contributed by atoms with van der Waals surface area (Å²) in [6.45, 7) is 7.85. The van der Waals surface area contributed by atoms with Crippen molar-refractivity contribution in [2.75, 3.05) is 18.0 Å². The van der Waals surface area contributed by atoms with Gasteiger partial charge in [0.2, 0.25) is 0 Å². The van der Waals surface area contributed by atoms with E-state index in [1.165, 1.54) is 0 Å². The van der Waals surface area contributed by atoms with Crippen LogP contribution >= 0.6 is 11.6 Å². The van der Waals surface area contributed by atoms with E-state index in [1.807, 2.05) is 19.1 Å². The molecular weight excluding hydrogens is 260 g/mol. The van der Waals surface area contributed by atoms with E-state index in [-0.39, 0.29) is 5.84 Å². The molecule has 19 heavy (non-hydrogen) atoms. The van der Waals surface area contributed by atoms with Crippen molar-refractivity contribution in [2.24, 2.45) is 5.73 Å². The number of benzene rings is 1. The highest BCUT2D eigenvalue weighted by atomic mass is 35.5. The fraction of sp³-hybridized carbons (Fsp3) is 0.357. The lowest BCUT2D eigenvalue weighted by Gasteiger charge is -2.21. The molecule has 4 N–H and O–H groups in total. The standard InChI is InChI=1S/C14H19ClN4/c1-4-19(5-2)13-9-7-10(15)8(3)6-11(9)18-12(13)14(16)17/h6-7,18H,4-5H2,1-3H3,(H3,16,17). The van der Waals surface area contributed by atoms with Gasteiger partial charge in [-0.2, -0.15) is 0 Å². The van der Waals surface area contributed by atoms with Crippen molar-refractivity contribution in [1.82, 2.24) is 4.98 Å². The number of H-pyrrole nitrogens is 1. The summed E-state index contributed by atoms with van der Waals surface area (Å²) < 4.78 is 0. The van der Waals surface area contributed by atoms with E-state index in [9.17, 15) is 0 Å². The zero-order chi connectivity index (χ0) is 14.2. The van der Waals surface area contributed by atoms with Crippen LogP contribution in [0.2, 0.25) is 5.02 Å². The lowest BCUT2D eigenvalue weighted by Crippen LogP contribution is -2.25. The molecule has 1 aromatic heterocycles. The predicted octanol–water partition coefficient (Wildman–Crippen LogP) is 3.26. The van der Waals surface area contributed by atoms with Crippen molar-refractivity contribution in [2.45, 2.75) is 20.8 Å². The maximum atomic E-state index is 7.75. The molecule has 0 aliphatic carbocycles. The Morgan fingerprint density at radius 1 is 1.37 bits per heavy atom. The summed E-state index contributed by atoms with van der Waals surface area (Å²) in [4.78, 5) is 5.41. The van der Waals surface area contributed by atoms with E-state index in [4.69, 9.17) is 22.7 Å². The molecule has 0 bridgehead atoms. The van der Waals surface area contributed by atoms with Gasteiger partial charge in [-0.05, 0) is 38.5 Å². The topological polar surface area (TPSA) is 68.9 Å². The average Bonchev–Trinajstić information content (AvgIpc) is 2.71. The molecule has 2 rings (SSSR count). The quantitative estimate of drug-likeness (QED) is 0.593. The minimum atomic E-state index is 0.0480. The molecule has 0 radical (unpaired) electrons. The Morgan fingerprint density at radius 3 is 2.53 bits per heavy atom. The number of nitrogens with zero attached hydrogens (tertiary/aromatic N) is 1. The Balaban J connectivity index is 2.79. The number of aryl methyl sites for hydroxylation is 1. The molecule has 0 saturated heterocycles. The number of amidine groups is 1. The number of nitrogen functional groups attached to an aromatic ring is 1. The summed E-state index contributed by atoms with van der Waals surface area (Å²) in [7, 11) is 0. The van der Waals surface area contributed by atoms with Crippen molar-refractivity contribution in [1.29, 1.82) is 5.41 Å². The normalized spacial score (nSPS) is 10.9. The monoisotopic (exact) mass is 278 g/mol. The van der Waals surface area contributed by atoms with Crippen LogP contribution in [0.4, 0.5) is 5.69 Å². The highest BCUT2D eigenvalue weighted by Crippen LogP contribution is 2.34. The van der Waals surface area contributed by atoms with Crippen LogP contribution in [0, 0.1) is 12.3 Å². The molecule has 0 aliphatic rings. The Kier molecular flexibility index (Phi) is 3.71. The number of hydrogen-bond acceptors (Lipinski definition) is 2. The Labute approximate surface area is 118 Å². The van der Waals surface area contributed by atoms with Crippen molar-refractivity contribution in [3.05, 3.63) is 28.4 Å². The summed E-state index contributed by atoms with van der Waals surface area (Å²) in [5.74, 6) is 0.0480. The van der Waals surface area contributed by atoms with Gasteiger partial charge in [0, 0.05) is 29.0 Å². The summed E-state index contributed by atoms with van der Waals surface area (Å²) in [5, 5.41) is 9.50. The van der Waals surface area contributed by atoms with Gasteiger partial charge in [-0.25, -0.2) is 0 Å². The Hall–Kier alpha value is -1.68. The summed E-state index contributed by atoms with van der Waals surface area (Å²) in [5.41, 5.74) is 9.31. The lowest BCUT2D eigenvalue weighted by molar-refractivity contribution is 0.868. The number of halogens is 1. The number of nitrogens with one attached hydrogen (secondary N) is 2. The van der Waals surface area contributed by atoms with Crippen LogP contribution in [0.25, 0.3) is 10.9 Å². The first-order valence-corrected chi connectivity index (χ1v) is 6.78. The summed E-state index contributed by atoms with van der Waals surface area (Å²) in [6.07, 6.45) is 0. The second-order valence-electron chi connectivity index (χ2n) is 4.58. The van der Waals surface area contributed by atoms with Gasteiger partial charge >= 0.3 is 0 Å². The van der Waals surface area contributed by atoms with Crippen molar-refractivity contribution >= 4 is 34.0 Å². The number of aromatic amines is 1. The maximum Gasteiger partial charge on any atom is 0.141 e. The smallest absolute Gasteiger partial charge is 0.141 e. The predicted molar refractivity (Wildman–Crippen MR) is 82.6 cm³/mol. The number of hydrogen-bond donors (Lipinski definition) is 3. The van der Waals surface area contributed by atoms with E-state index in [2.05, 4.69) is 23.7 Å². The SMILES string of the molecule is CCN(CC)c1c(C(=N)N)[nH]c2cc(C)c(Cl)cc12. The molecule has 2 aromatic rings. The summed E-state index contributed by atoms with van der Waals surface area (Å²) >= 11 is 6.22. The molecule has 1 heterocycles. The van der Waals surface area contributed by atoms with Crippen LogP contribution in [0.5, 0.6) is 0 Å². The third-order valence-corrected chi connectivity index (χ3v) is 3.81. The number of rotatable bonds is 4. The number of nitrogens with two attached hydrogens (primary N) is 1. The molecule has 5 heteroatoms. The second kappa shape index (κ2) is 5.13. The van der Waals surface area contributed by atoms with Crippen LogP contribution in [-0.2, 0) is 0 Å². The lowest BCUT2D eigenvalue weighted by atomic mass is 10.1. The van der Waals surface area contributed by atoms with Crippen LogP contribution in [0.3, 0.4) is 0 Å². The highest BCUT2D eigenvalue weighted by molar-refractivity contribution is 6.32. The van der Waals surface area contributed by atoms with Gasteiger partial charge in [0.15, 0.2) is 0 Å². The van der Waals surface area contributed by atoms with Gasteiger partial charge in [-0.15, -0.1) is 0 Å². The Morgan fingerprint density at radius 2 is 2.00 bits per heavy atom. The minimum absolute atomic E-state index is 0.0480. The van der Waals surface area contributed by atoms with E-state index >= 15 is 0 Å². The molecule has 4 nitrogen and oxygen atoms in total. The first-order valence-electron chi connectivity index (χ1n) is 6.40. The third kappa shape index (κ3) is 2.28. The molecule has 0 unspecified atom stereocenters. The van der Waals surface area contributed by atoms with Gasteiger partial charge in [-0.1, -0.05) is 11.6 Å². The largest absolute Gasteiger partial charge is 0.382 e. The Bertz CT molecular complexity index is 626. The highest BCUT2D eigenvalue weighted by Gasteiger charge is 2.18. The van der Waals surface area contributed by atoms with Gasteiger partial charge in [0.1, 0.15) is 11.5 Å². The zero-order valence-electron chi connectivity index (χ0n) is 11.5. The van der Waals surface area contributed by atoms with Crippen LogP contribution in [-0.4, -0.2) is 23.9 Å². The van der Waals surface area contributed by atoms with Crippen molar-refractivity contribution < 1.29 is 0 Å². The van der Waals surface area contributed by atoms with Gasteiger partial charge in [-0.3, -0.25) is 5.41 Å². The minimum Gasteiger partial charge on any atom is -0.382 e. The first kappa shape index (κ1) is 13.7. The fourth-order valence-electron chi connectivity index (χ4n) is 2.37. The van der Waals surface area contributed by atoms with Crippen molar-refractivity contribution in [3.63, 3.8) is 0 Å². The molecule has 0 atom stereocenters. The first-order chi connectivity index (χ1) is 8.99. The third-order valence-electron chi connectivity index (χ3n) is 3.40. The van der Waals surface area contributed by atoms with Gasteiger partial charge < -0.3 is 15.6 Å². The molecule has 0 amide bonds. The second-order valence-corrected chi connectivity index (χ2v) is 4.99. The molecule has 102 valence electrons.